The molecule has 3 heteroatoms. The maximum Gasteiger partial charge on any atom is 0.0669 e. The minimum Gasteiger partial charge on any atom is -0.372 e. The molecule has 1 saturated heterocycles. The van der Waals surface area contributed by atoms with Crippen molar-refractivity contribution in [1.29, 1.82) is 5.26 Å². The smallest absolute Gasteiger partial charge is 0.0669 e. The van der Waals surface area contributed by atoms with Crippen LogP contribution in [0.4, 0.5) is 5.69 Å². The molecule has 1 heterocycles. The van der Waals surface area contributed by atoms with Crippen LogP contribution in [0.2, 0.25) is 0 Å². The van der Waals surface area contributed by atoms with E-state index >= 15 is 0 Å². The van der Waals surface area contributed by atoms with Crippen molar-refractivity contribution in [2.75, 3.05) is 32.1 Å². The van der Waals surface area contributed by atoms with Crippen LogP contribution < -0.4 is 4.90 Å². The van der Waals surface area contributed by atoms with Crippen molar-refractivity contribution >= 4 is 5.69 Å². The summed E-state index contributed by atoms with van der Waals surface area (Å²) >= 11 is 0. The largest absolute Gasteiger partial charge is 0.372 e. The van der Waals surface area contributed by atoms with Gasteiger partial charge in [-0.05, 0) is 50.7 Å². The van der Waals surface area contributed by atoms with Gasteiger partial charge in [-0.3, -0.25) is 0 Å². The van der Waals surface area contributed by atoms with E-state index in [2.05, 4.69) is 54.2 Å². The van der Waals surface area contributed by atoms with Gasteiger partial charge in [0.05, 0.1) is 12.5 Å². The number of hydrogen-bond acceptors (Lipinski definition) is 3. The average Bonchev–Trinajstić information content (AvgIpc) is 2.40. The van der Waals surface area contributed by atoms with Gasteiger partial charge in [-0.2, -0.15) is 5.26 Å². The van der Waals surface area contributed by atoms with E-state index in [-0.39, 0.29) is 0 Å². The Morgan fingerprint density at radius 3 is 2.44 bits per heavy atom. The zero-order valence-corrected chi connectivity index (χ0v) is 11.3. The molecule has 0 bridgehead atoms. The third kappa shape index (κ3) is 3.02. The molecule has 3 nitrogen and oxygen atoms in total. The van der Waals surface area contributed by atoms with Gasteiger partial charge >= 0.3 is 0 Å². The van der Waals surface area contributed by atoms with E-state index in [1.807, 2.05) is 0 Å². The summed E-state index contributed by atoms with van der Waals surface area (Å²) in [7, 11) is 4.36. The van der Waals surface area contributed by atoms with Crippen LogP contribution in [0, 0.1) is 11.3 Å². The van der Waals surface area contributed by atoms with Crippen LogP contribution in [-0.4, -0.2) is 38.1 Å². The molecule has 1 aliphatic heterocycles. The Morgan fingerprint density at radius 1 is 1.28 bits per heavy atom. The first kappa shape index (κ1) is 12.9. The maximum absolute atomic E-state index is 8.66. The fourth-order valence-corrected chi connectivity index (χ4v) is 2.53. The molecule has 0 amide bonds. The minimum atomic E-state index is 0.498. The first-order valence-corrected chi connectivity index (χ1v) is 6.58. The van der Waals surface area contributed by atoms with Crippen molar-refractivity contribution in [3.63, 3.8) is 0 Å². The van der Waals surface area contributed by atoms with E-state index < -0.39 is 0 Å². The molecule has 0 aliphatic carbocycles. The predicted molar refractivity (Wildman–Crippen MR) is 74.7 cm³/mol. The molecule has 0 unspecified atom stereocenters. The molecular formula is C15H21N3. The normalized spacial score (nSPS) is 17.4. The Bertz CT molecular complexity index is 410. The summed E-state index contributed by atoms with van der Waals surface area (Å²) in [4.78, 5) is 4.77. The van der Waals surface area contributed by atoms with Crippen LogP contribution in [0.25, 0.3) is 0 Å². The number of nitrogens with zero attached hydrogens (tertiary/aromatic N) is 3. The Balaban J connectivity index is 2.00. The highest BCUT2D eigenvalue weighted by Gasteiger charge is 2.20. The highest BCUT2D eigenvalue weighted by atomic mass is 15.2. The number of benzene rings is 1. The van der Waals surface area contributed by atoms with Crippen molar-refractivity contribution in [3.05, 3.63) is 29.8 Å². The molecule has 1 fully saturated rings. The fraction of sp³-hybridized carbons (Fsp3) is 0.533. The monoisotopic (exact) mass is 243 g/mol. The quantitative estimate of drug-likeness (QED) is 0.816. The highest BCUT2D eigenvalue weighted by Crippen LogP contribution is 2.22. The Labute approximate surface area is 110 Å². The number of piperidine rings is 1. The van der Waals surface area contributed by atoms with Crippen LogP contribution in [-0.2, 0) is 6.42 Å². The van der Waals surface area contributed by atoms with E-state index in [4.69, 9.17) is 5.26 Å². The zero-order chi connectivity index (χ0) is 13.0. The highest BCUT2D eigenvalue weighted by molar-refractivity contribution is 5.48. The Morgan fingerprint density at radius 2 is 1.89 bits per heavy atom. The molecule has 0 radical (unpaired) electrons. The van der Waals surface area contributed by atoms with Gasteiger partial charge in [0.1, 0.15) is 0 Å². The predicted octanol–water partition coefficient (Wildman–Crippen LogP) is 2.28. The number of nitriles is 1. The van der Waals surface area contributed by atoms with Gasteiger partial charge in [0.2, 0.25) is 0 Å². The fourth-order valence-electron chi connectivity index (χ4n) is 2.53. The molecule has 0 N–H and O–H groups in total. The topological polar surface area (TPSA) is 30.3 Å². The first-order chi connectivity index (χ1) is 8.70. The van der Waals surface area contributed by atoms with Crippen molar-refractivity contribution in [2.24, 2.45) is 0 Å². The SMILES string of the molecule is CN1CCC(N(C)c2ccc(CC#N)cc2)CC1. The average molecular weight is 243 g/mol. The zero-order valence-electron chi connectivity index (χ0n) is 11.3. The van der Waals surface area contributed by atoms with Crippen LogP contribution in [0.5, 0.6) is 0 Å². The second-order valence-corrected chi connectivity index (χ2v) is 5.15. The van der Waals surface area contributed by atoms with Gasteiger partial charge in [0, 0.05) is 18.8 Å². The maximum atomic E-state index is 8.66. The van der Waals surface area contributed by atoms with Gasteiger partial charge < -0.3 is 9.80 Å². The molecule has 18 heavy (non-hydrogen) atoms. The molecule has 1 aromatic rings. The second kappa shape index (κ2) is 5.88. The lowest BCUT2D eigenvalue weighted by molar-refractivity contribution is 0.253. The van der Waals surface area contributed by atoms with E-state index in [1.165, 1.54) is 31.6 Å². The number of rotatable bonds is 3. The first-order valence-electron chi connectivity index (χ1n) is 6.58. The summed E-state index contributed by atoms with van der Waals surface area (Å²) in [6, 6.07) is 11.2. The molecule has 0 aromatic heterocycles. The third-order valence-corrected chi connectivity index (χ3v) is 3.86. The van der Waals surface area contributed by atoms with Gasteiger partial charge in [-0.15, -0.1) is 0 Å². The summed E-state index contributed by atoms with van der Waals surface area (Å²) < 4.78 is 0. The van der Waals surface area contributed by atoms with E-state index in [0.717, 1.165) is 5.56 Å². The Hall–Kier alpha value is -1.53. The number of likely N-dealkylation sites (tertiary alicyclic amines) is 1. The Kier molecular flexibility index (Phi) is 4.22. The summed E-state index contributed by atoms with van der Waals surface area (Å²) in [5.41, 5.74) is 2.35. The number of anilines is 1. The molecule has 0 saturated carbocycles. The molecule has 96 valence electrons. The van der Waals surface area contributed by atoms with Crippen LogP contribution in [0.1, 0.15) is 18.4 Å². The molecule has 0 spiro atoms. The van der Waals surface area contributed by atoms with Gasteiger partial charge in [-0.25, -0.2) is 0 Å². The standard InChI is InChI=1S/C15H21N3/c1-17-11-8-15(9-12-17)18(2)14-5-3-13(4-6-14)7-10-16/h3-6,15H,7-9,11-12H2,1-2H3. The van der Waals surface area contributed by atoms with Crippen LogP contribution in [0.15, 0.2) is 24.3 Å². The molecule has 2 rings (SSSR count). The van der Waals surface area contributed by atoms with Crippen molar-refractivity contribution in [2.45, 2.75) is 25.3 Å². The molecular weight excluding hydrogens is 222 g/mol. The lowest BCUT2D eigenvalue weighted by Crippen LogP contribution is -2.41. The summed E-state index contributed by atoms with van der Waals surface area (Å²) in [5, 5.41) is 8.66. The van der Waals surface area contributed by atoms with Crippen molar-refractivity contribution < 1.29 is 0 Å². The second-order valence-electron chi connectivity index (χ2n) is 5.15. The van der Waals surface area contributed by atoms with Crippen molar-refractivity contribution in [1.82, 2.24) is 4.90 Å². The summed E-state index contributed by atoms with van der Waals surface area (Å²) in [6.45, 7) is 2.36. The van der Waals surface area contributed by atoms with Crippen molar-refractivity contribution in [3.8, 4) is 6.07 Å². The lowest BCUT2D eigenvalue weighted by Gasteiger charge is -2.36. The molecule has 0 atom stereocenters. The van der Waals surface area contributed by atoms with Crippen LogP contribution in [0.3, 0.4) is 0 Å². The van der Waals surface area contributed by atoms with Gasteiger partial charge in [0.15, 0.2) is 0 Å². The van der Waals surface area contributed by atoms with Crippen LogP contribution >= 0.6 is 0 Å². The lowest BCUT2D eigenvalue weighted by atomic mass is 10.0. The van der Waals surface area contributed by atoms with Gasteiger partial charge in [-0.1, -0.05) is 12.1 Å². The van der Waals surface area contributed by atoms with Gasteiger partial charge in [0.25, 0.3) is 0 Å². The van der Waals surface area contributed by atoms with E-state index in [0.29, 0.717) is 12.5 Å². The van der Waals surface area contributed by atoms with E-state index in [1.54, 1.807) is 0 Å². The molecule has 1 aromatic carbocycles. The summed E-state index contributed by atoms with van der Waals surface area (Å²) in [6.07, 6.45) is 2.96. The van der Waals surface area contributed by atoms with E-state index in [9.17, 15) is 0 Å². The number of hydrogen-bond donors (Lipinski definition) is 0. The third-order valence-electron chi connectivity index (χ3n) is 3.86. The minimum absolute atomic E-state index is 0.498. The summed E-state index contributed by atoms with van der Waals surface area (Å²) in [5.74, 6) is 0. The molecule has 1 aliphatic rings.